The monoisotopic (exact) mass is 429 g/mol. The fourth-order valence-corrected chi connectivity index (χ4v) is 5.36. The number of carbonyl (C=O) groups excluding carboxylic acids is 1. The molecule has 4 rings (SSSR count). The first-order valence-corrected chi connectivity index (χ1v) is 11.3. The summed E-state index contributed by atoms with van der Waals surface area (Å²) >= 11 is 4.52. The molecule has 1 aromatic carbocycles. The lowest BCUT2D eigenvalue weighted by Crippen LogP contribution is -2.27. The van der Waals surface area contributed by atoms with Crippen molar-refractivity contribution >= 4 is 50.6 Å². The van der Waals surface area contributed by atoms with Gasteiger partial charge in [0.05, 0.1) is 17.2 Å². The Morgan fingerprint density at radius 1 is 1.21 bits per heavy atom. The third kappa shape index (κ3) is 4.09. The standard InChI is InChI=1S/C20H16FN3OS3/c1-12(16-3-2-8-26-16)24-17(25)10-28-20-18-15(9-27-19(18)22-11-23-20)13-4-6-14(21)7-5-13/h2-9,11-12H,10H2,1H3,(H,24,25). The molecule has 3 heterocycles. The molecule has 8 heteroatoms. The lowest BCUT2D eigenvalue weighted by Gasteiger charge is -2.12. The predicted octanol–water partition coefficient (Wildman–Crippen LogP) is 5.53. The average Bonchev–Trinajstić information content (AvgIpc) is 3.37. The van der Waals surface area contributed by atoms with Crippen LogP contribution in [0.2, 0.25) is 0 Å². The molecular formula is C20H16FN3OS3. The number of aromatic nitrogens is 2. The molecule has 3 aromatic heterocycles. The average molecular weight is 430 g/mol. The van der Waals surface area contributed by atoms with Crippen LogP contribution in [0.25, 0.3) is 21.3 Å². The zero-order chi connectivity index (χ0) is 19.5. The van der Waals surface area contributed by atoms with Crippen LogP contribution < -0.4 is 5.32 Å². The van der Waals surface area contributed by atoms with Gasteiger partial charge in [0.2, 0.25) is 5.91 Å². The van der Waals surface area contributed by atoms with Gasteiger partial charge in [0.15, 0.2) is 0 Å². The van der Waals surface area contributed by atoms with Crippen molar-refractivity contribution in [3.63, 3.8) is 0 Å². The SMILES string of the molecule is CC(NC(=O)CSc1ncnc2scc(-c3ccc(F)cc3)c12)c1cccs1. The zero-order valence-electron chi connectivity index (χ0n) is 14.9. The fraction of sp³-hybridized carbons (Fsp3) is 0.150. The number of nitrogens with zero attached hydrogens (tertiary/aromatic N) is 2. The van der Waals surface area contributed by atoms with Crippen molar-refractivity contribution in [2.75, 3.05) is 5.75 Å². The van der Waals surface area contributed by atoms with Gasteiger partial charge in [0.25, 0.3) is 0 Å². The highest BCUT2D eigenvalue weighted by Crippen LogP contribution is 2.37. The Morgan fingerprint density at radius 2 is 2.04 bits per heavy atom. The summed E-state index contributed by atoms with van der Waals surface area (Å²) in [6.07, 6.45) is 1.52. The molecule has 0 bridgehead atoms. The first-order chi connectivity index (χ1) is 13.6. The molecule has 0 saturated carbocycles. The smallest absolute Gasteiger partial charge is 0.230 e. The van der Waals surface area contributed by atoms with Crippen LogP contribution in [-0.2, 0) is 4.79 Å². The Morgan fingerprint density at radius 3 is 2.79 bits per heavy atom. The lowest BCUT2D eigenvalue weighted by atomic mass is 10.1. The van der Waals surface area contributed by atoms with Crippen molar-refractivity contribution in [3.8, 4) is 11.1 Å². The summed E-state index contributed by atoms with van der Waals surface area (Å²) in [6.45, 7) is 1.98. The molecule has 1 atom stereocenters. The van der Waals surface area contributed by atoms with E-state index in [1.54, 1.807) is 23.5 Å². The number of rotatable bonds is 6. The first kappa shape index (κ1) is 19.0. The largest absolute Gasteiger partial charge is 0.348 e. The van der Waals surface area contributed by atoms with Crippen molar-refractivity contribution in [1.82, 2.24) is 15.3 Å². The quantitative estimate of drug-likeness (QED) is 0.323. The summed E-state index contributed by atoms with van der Waals surface area (Å²) < 4.78 is 13.3. The molecule has 1 amide bonds. The first-order valence-electron chi connectivity index (χ1n) is 8.55. The number of amides is 1. The third-order valence-corrected chi connectivity index (χ3v) is 7.11. The van der Waals surface area contributed by atoms with Crippen molar-refractivity contribution < 1.29 is 9.18 Å². The maximum absolute atomic E-state index is 13.3. The number of carbonyl (C=O) groups is 1. The number of benzene rings is 1. The van der Waals surface area contributed by atoms with E-state index in [4.69, 9.17) is 0 Å². The number of halogens is 1. The summed E-state index contributed by atoms with van der Waals surface area (Å²) in [4.78, 5) is 23.1. The molecule has 0 aliphatic heterocycles. The van der Waals surface area contributed by atoms with E-state index in [0.29, 0.717) is 0 Å². The number of fused-ring (bicyclic) bond motifs is 1. The molecule has 0 radical (unpaired) electrons. The van der Waals surface area contributed by atoms with E-state index in [1.165, 1.54) is 41.6 Å². The molecule has 0 fully saturated rings. The van der Waals surface area contributed by atoms with Gasteiger partial charge < -0.3 is 5.32 Å². The number of thiophene rings is 2. The Kier molecular flexibility index (Phi) is 5.70. The van der Waals surface area contributed by atoms with Crippen molar-refractivity contribution in [3.05, 3.63) is 64.2 Å². The Bertz CT molecular complexity index is 1090. The van der Waals surface area contributed by atoms with Crippen LogP contribution in [-0.4, -0.2) is 21.6 Å². The normalized spacial score (nSPS) is 12.2. The van der Waals surface area contributed by atoms with Crippen LogP contribution in [0.1, 0.15) is 17.8 Å². The second-order valence-electron chi connectivity index (χ2n) is 6.11. The summed E-state index contributed by atoms with van der Waals surface area (Å²) in [5, 5.41) is 8.67. The number of hydrogen-bond donors (Lipinski definition) is 1. The summed E-state index contributed by atoms with van der Waals surface area (Å²) in [6, 6.07) is 10.3. The van der Waals surface area contributed by atoms with Crippen LogP contribution in [0.3, 0.4) is 0 Å². The highest BCUT2D eigenvalue weighted by Gasteiger charge is 2.16. The van der Waals surface area contributed by atoms with E-state index in [2.05, 4.69) is 15.3 Å². The van der Waals surface area contributed by atoms with E-state index >= 15 is 0 Å². The molecule has 0 aliphatic carbocycles. The minimum Gasteiger partial charge on any atom is -0.348 e. The van der Waals surface area contributed by atoms with Gasteiger partial charge in [-0.25, -0.2) is 14.4 Å². The molecule has 0 saturated heterocycles. The van der Waals surface area contributed by atoms with E-state index < -0.39 is 0 Å². The van der Waals surface area contributed by atoms with Crippen LogP contribution >= 0.6 is 34.4 Å². The number of nitrogens with one attached hydrogen (secondary N) is 1. The van der Waals surface area contributed by atoms with Crippen molar-refractivity contribution in [2.45, 2.75) is 18.0 Å². The molecule has 4 nitrogen and oxygen atoms in total. The van der Waals surface area contributed by atoms with Gasteiger partial charge in [0, 0.05) is 15.8 Å². The van der Waals surface area contributed by atoms with E-state index in [-0.39, 0.29) is 23.5 Å². The van der Waals surface area contributed by atoms with E-state index in [1.807, 2.05) is 29.8 Å². The van der Waals surface area contributed by atoms with Crippen LogP contribution in [0.4, 0.5) is 4.39 Å². The van der Waals surface area contributed by atoms with Crippen LogP contribution in [0.5, 0.6) is 0 Å². The second kappa shape index (κ2) is 8.38. The minimum absolute atomic E-state index is 0.0190. The molecule has 1 N–H and O–H groups in total. The van der Waals surface area contributed by atoms with Gasteiger partial charge in [-0.1, -0.05) is 30.0 Å². The van der Waals surface area contributed by atoms with Crippen LogP contribution in [0.15, 0.2) is 58.5 Å². The number of hydrogen-bond acceptors (Lipinski definition) is 6. The minimum atomic E-state index is -0.273. The van der Waals surface area contributed by atoms with Crippen molar-refractivity contribution in [2.24, 2.45) is 0 Å². The summed E-state index contributed by atoms with van der Waals surface area (Å²) in [7, 11) is 0. The van der Waals surface area contributed by atoms with Gasteiger partial charge in [-0.2, -0.15) is 0 Å². The van der Waals surface area contributed by atoms with E-state index in [0.717, 1.165) is 31.2 Å². The zero-order valence-corrected chi connectivity index (χ0v) is 17.3. The van der Waals surface area contributed by atoms with Gasteiger partial charge in [0.1, 0.15) is 22.0 Å². The highest BCUT2D eigenvalue weighted by molar-refractivity contribution is 8.00. The Labute approximate surface area is 173 Å². The Balaban J connectivity index is 1.53. The maximum atomic E-state index is 13.3. The van der Waals surface area contributed by atoms with Gasteiger partial charge in [-0.3, -0.25) is 4.79 Å². The van der Waals surface area contributed by atoms with Gasteiger partial charge in [-0.05, 0) is 36.1 Å². The van der Waals surface area contributed by atoms with Crippen LogP contribution in [0, 0.1) is 5.82 Å². The second-order valence-corrected chi connectivity index (χ2v) is 8.91. The molecule has 142 valence electrons. The fourth-order valence-electron chi connectivity index (χ4n) is 2.82. The molecule has 0 aliphatic rings. The third-order valence-electron chi connectivity index (χ3n) is 4.18. The maximum Gasteiger partial charge on any atom is 0.230 e. The van der Waals surface area contributed by atoms with Crippen molar-refractivity contribution in [1.29, 1.82) is 0 Å². The van der Waals surface area contributed by atoms with Gasteiger partial charge >= 0.3 is 0 Å². The van der Waals surface area contributed by atoms with Gasteiger partial charge in [-0.15, -0.1) is 22.7 Å². The predicted molar refractivity (Wildman–Crippen MR) is 114 cm³/mol. The topological polar surface area (TPSA) is 54.9 Å². The number of thioether (sulfide) groups is 1. The molecular weight excluding hydrogens is 413 g/mol. The lowest BCUT2D eigenvalue weighted by molar-refractivity contribution is -0.119. The van der Waals surface area contributed by atoms with E-state index in [9.17, 15) is 9.18 Å². The molecule has 4 aromatic rings. The molecule has 0 spiro atoms. The summed E-state index contributed by atoms with van der Waals surface area (Å²) in [5.41, 5.74) is 1.86. The highest BCUT2D eigenvalue weighted by atomic mass is 32.2. The Hall–Kier alpha value is -2.29. The summed E-state index contributed by atoms with van der Waals surface area (Å²) in [5.74, 6) is -0.0533. The molecule has 28 heavy (non-hydrogen) atoms. The molecule has 1 unspecified atom stereocenters.